The summed E-state index contributed by atoms with van der Waals surface area (Å²) < 4.78 is 0. The summed E-state index contributed by atoms with van der Waals surface area (Å²) in [6.07, 6.45) is 3.83. The minimum absolute atomic E-state index is 0.0721. The molecule has 3 heteroatoms. The molecule has 0 bridgehead atoms. The lowest BCUT2D eigenvalue weighted by molar-refractivity contribution is 0.0730. The van der Waals surface area contributed by atoms with E-state index in [4.69, 9.17) is 0 Å². The number of rotatable bonds is 6. The fourth-order valence-corrected chi connectivity index (χ4v) is 3.96. The lowest BCUT2D eigenvalue weighted by Crippen LogP contribution is -2.31. The molecule has 0 aromatic heterocycles. The van der Waals surface area contributed by atoms with E-state index in [1.165, 1.54) is 24.9 Å². The van der Waals surface area contributed by atoms with E-state index in [0.29, 0.717) is 13.1 Å². The molecule has 1 aliphatic heterocycles. The number of piperidine rings is 1. The van der Waals surface area contributed by atoms with Crippen molar-refractivity contribution in [3.05, 3.63) is 102 Å². The van der Waals surface area contributed by atoms with Crippen LogP contribution >= 0.6 is 0 Å². The first-order chi connectivity index (χ1) is 14.3. The molecule has 29 heavy (non-hydrogen) atoms. The number of carbonyl (C=O) groups is 1. The van der Waals surface area contributed by atoms with E-state index in [2.05, 4.69) is 41.3 Å². The van der Waals surface area contributed by atoms with Crippen molar-refractivity contribution >= 4 is 11.6 Å². The van der Waals surface area contributed by atoms with Crippen LogP contribution in [-0.2, 0) is 13.1 Å². The summed E-state index contributed by atoms with van der Waals surface area (Å²) in [5, 5.41) is 0. The predicted molar refractivity (Wildman–Crippen MR) is 119 cm³/mol. The summed E-state index contributed by atoms with van der Waals surface area (Å²) in [5.41, 5.74) is 4.25. The standard InChI is InChI=1S/C26H28N2O/c29-26(24-14-16-25(17-15-24)27-18-8-3-9-19-27)28(20-22-10-4-1-5-11-22)21-23-12-6-2-7-13-23/h1-2,4-7,10-17H,3,8-9,18-21H2. The zero-order valence-corrected chi connectivity index (χ0v) is 16.8. The molecule has 1 saturated heterocycles. The van der Waals surface area contributed by atoms with Crippen LogP contribution in [0, 0.1) is 0 Å². The van der Waals surface area contributed by atoms with Crippen LogP contribution in [0.3, 0.4) is 0 Å². The van der Waals surface area contributed by atoms with Gasteiger partial charge >= 0.3 is 0 Å². The average molecular weight is 385 g/mol. The Hall–Kier alpha value is -3.07. The first kappa shape index (κ1) is 19.3. The quantitative estimate of drug-likeness (QED) is 0.559. The Morgan fingerprint density at radius 3 is 1.72 bits per heavy atom. The van der Waals surface area contributed by atoms with Crippen molar-refractivity contribution in [3.63, 3.8) is 0 Å². The Morgan fingerprint density at radius 2 is 1.21 bits per heavy atom. The van der Waals surface area contributed by atoms with Crippen LogP contribution in [0.15, 0.2) is 84.9 Å². The van der Waals surface area contributed by atoms with E-state index in [1.54, 1.807) is 0 Å². The molecule has 148 valence electrons. The number of anilines is 1. The molecular weight excluding hydrogens is 356 g/mol. The van der Waals surface area contributed by atoms with Crippen LogP contribution in [-0.4, -0.2) is 23.9 Å². The van der Waals surface area contributed by atoms with Crippen molar-refractivity contribution in [3.8, 4) is 0 Å². The molecule has 1 aliphatic rings. The molecule has 1 fully saturated rings. The van der Waals surface area contributed by atoms with Crippen molar-refractivity contribution in [2.75, 3.05) is 18.0 Å². The predicted octanol–water partition coefficient (Wildman–Crippen LogP) is 5.52. The third kappa shape index (κ3) is 5.05. The summed E-state index contributed by atoms with van der Waals surface area (Å²) in [6.45, 7) is 3.42. The van der Waals surface area contributed by atoms with E-state index in [9.17, 15) is 4.79 Å². The molecular formula is C26H28N2O. The Balaban J connectivity index is 1.53. The normalized spacial score (nSPS) is 13.9. The molecule has 3 nitrogen and oxygen atoms in total. The second-order valence-corrected chi connectivity index (χ2v) is 7.73. The molecule has 3 aromatic rings. The van der Waals surface area contributed by atoms with Crippen LogP contribution in [0.2, 0.25) is 0 Å². The highest BCUT2D eigenvalue weighted by Gasteiger charge is 2.18. The van der Waals surface area contributed by atoms with E-state index < -0.39 is 0 Å². The number of hydrogen-bond donors (Lipinski definition) is 0. The number of hydrogen-bond acceptors (Lipinski definition) is 2. The SMILES string of the molecule is O=C(c1ccc(N2CCCCC2)cc1)N(Cc1ccccc1)Cc1ccccc1. The Kier molecular flexibility index (Phi) is 6.25. The first-order valence-corrected chi connectivity index (χ1v) is 10.5. The van der Waals surface area contributed by atoms with Gasteiger partial charge in [0.15, 0.2) is 0 Å². The zero-order valence-electron chi connectivity index (χ0n) is 16.8. The van der Waals surface area contributed by atoms with Crippen molar-refractivity contribution in [1.29, 1.82) is 0 Å². The summed E-state index contributed by atoms with van der Waals surface area (Å²) in [6, 6.07) is 28.6. The van der Waals surface area contributed by atoms with Crippen LogP contribution in [0.5, 0.6) is 0 Å². The van der Waals surface area contributed by atoms with Crippen LogP contribution in [0.25, 0.3) is 0 Å². The van der Waals surface area contributed by atoms with Gasteiger partial charge in [0.2, 0.25) is 0 Å². The van der Waals surface area contributed by atoms with Crippen molar-refractivity contribution < 1.29 is 4.79 Å². The van der Waals surface area contributed by atoms with Crippen molar-refractivity contribution in [1.82, 2.24) is 4.90 Å². The van der Waals surface area contributed by atoms with Gasteiger partial charge in [-0.25, -0.2) is 0 Å². The van der Waals surface area contributed by atoms with Crippen LogP contribution in [0.1, 0.15) is 40.7 Å². The maximum atomic E-state index is 13.4. The van der Waals surface area contributed by atoms with Crippen LogP contribution < -0.4 is 4.90 Å². The monoisotopic (exact) mass is 384 g/mol. The maximum Gasteiger partial charge on any atom is 0.254 e. The summed E-state index contributed by atoms with van der Waals surface area (Å²) in [4.78, 5) is 17.7. The van der Waals surface area contributed by atoms with Gasteiger partial charge in [0.25, 0.3) is 5.91 Å². The molecule has 1 heterocycles. The molecule has 0 radical (unpaired) electrons. The molecule has 0 N–H and O–H groups in total. The van der Waals surface area contributed by atoms with Gasteiger partial charge in [0.05, 0.1) is 0 Å². The Labute approximate surface area is 173 Å². The Morgan fingerprint density at radius 1 is 0.690 bits per heavy atom. The molecule has 0 aliphatic carbocycles. The minimum atomic E-state index is 0.0721. The highest BCUT2D eigenvalue weighted by molar-refractivity contribution is 5.94. The van der Waals surface area contributed by atoms with Gasteiger partial charge in [-0.1, -0.05) is 60.7 Å². The molecule has 0 spiro atoms. The third-order valence-electron chi connectivity index (χ3n) is 5.56. The summed E-state index contributed by atoms with van der Waals surface area (Å²) >= 11 is 0. The van der Waals surface area contributed by atoms with E-state index in [0.717, 1.165) is 29.8 Å². The molecule has 3 aromatic carbocycles. The first-order valence-electron chi connectivity index (χ1n) is 10.5. The molecule has 0 unspecified atom stereocenters. The third-order valence-corrected chi connectivity index (χ3v) is 5.56. The van der Waals surface area contributed by atoms with E-state index in [-0.39, 0.29) is 5.91 Å². The number of benzene rings is 3. The van der Waals surface area contributed by atoms with Crippen molar-refractivity contribution in [2.45, 2.75) is 32.4 Å². The molecule has 0 atom stereocenters. The zero-order chi connectivity index (χ0) is 19.9. The second kappa shape index (κ2) is 9.42. The largest absolute Gasteiger partial charge is 0.372 e. The van der Waals surface area contributed by atoms with Crippen LogP contribution in [0.4, 0.5) is 5.69 Å². The van der Waals surface area contributed by atoms with Gasteiger partial charge in [-0.2, -0.15) is 0 Å². The van der Waals surface area contributed by atoms with E-state index in [1.807, 2.05) is 53.4 Å². The maximum absolute atomic E-state index is 13.4. The second-order valence-electron chi connectivity index (χ2n) is 7.73. The lowest BCUT2D eigenvalue weighted by atomic mass is 10.1. The van der Waals surface area contributed by atoms with E-state index >= 15 is 0 Å². The molecule has 0 saturated carbocycles. The van der Waals surface area contributed by atoms with Gasteiger partial charge in [0, 0.05) is 37.4 Å². The van der Waals surface area contributed by atoms with Gasteiger partial charge in [0.1, 0.15) is 0 Å². The van der Waals surface area contributed by atoms with Gasteiger partial charge in [-0.05, 0) is 54.7 Å². The molecule has 4 rings (SSSR count). The molecule has 1 amide bonds. The number of carbonyl (C=O) groups excluding carboxylic acids is 1. The number of amides is 1. The fourth-order valence-electron chi connectivity index (χ4n) is 3.96. The number of nitrogens with zero attached hydrogens (tertiary/aromatic N) is 2. The highest BCUT2D eigenvalue weighted by Crippen LogP contribution is 2.21. The minimum Gasteiger partial charge on any atom is -0.372 e. The van der Waals surface area contributed by atoms with Gasteiger partial charge in [-0.3, -0.25) is 4.79 Å². The van der Waals surface area contributed by atoms with Gasteiger partial charge in [-0.15, -0.1) is 0 Å². The summed E-state index contributed by atoms with van der Waals surface area (Å²) in [5.74, 6) is 0.0721. The van der Waals surface area contributed by atoms with Crippen molar-refractivity contribution in [2.24, 2.45) is 0 Å². The smallest absolute Gasteiger partial charge is 0.254 e. The average Bonchev–Trinajstić information content (AvgIpc) is 2.80. The topological polar surface area (TPSA) is 23.6 Å². The lowest BCUT2D eigenvalue weighted by Gasteiger charge is -2.29. The fraction of sp³-hybridized carbons (Fsp3) is 0.269. The summed E-state index contributed by atoms with van der Waals surface area (Å²) in [7, 11) is 0. The van der Waals surface area contributed by atoms with Gasteiger partial charge < -0.3 is 9.80 Å². The highest BCUT2D eigenvalue weighted by atomic mass is 16.2. The Bertz CT molecular complexity index is 859.